The molecule has 0 bridgehead atoms. The minimum absolute atomic E-state index is 0.0763. The number of hydrogen-bond donors (Lipinski definition) is 0. The highest BCUT2D eigenvalue weighted by atomic mass is 28.4. The van der Waals surface area contributed by atoms with Crippen molar-refractivity contribution in [1.82, 2.24) is 0 Å². The van der Waals surface area contributed by atoms with Crippen LogP contribution in [0.4, 0.5) is 0 Å². The van der Waals surface area contributed by atoms with Gasteiger partial charge in [-0.2, -0.15) is 0 Å². The van der Waals surface area contributed by atoms with E-state index in [9.17, 15) is 0 Å². The SMILES string of the molecule is C/C=C1/CC[C@H]2C3=CC=C4C[C@@H](O[Si](C)(C)C(C)(C)C)C[C@H](O[Si](C)(C)C(C)(C)C)[C@]4(C)[C@H]3CC[C@]12C. The molecule has 0 aromatic carbocycles. The van der Waals surface area contributed by atoms with Crippen molar-refractivity contribution in [3.05, 3.63) is 34.9 Å². The van der Waals surface area contributed by atoms with Crippen LogP contribution in [0.3, 0.4) is 0 Å². The van der Waals surface area contributed by atoms with Gasteiger partial charge in [-0.1, -0.05) is 90.3 Å². The van der Waals surface area contributed by atoms with Crippen molar-refractivity contribution in [1.29, 1.82) is 0 Å². The summed E-state index contributed by atoms with van der Waals surface area (Å²) < 4.78 is 14.6. The van der Waals surface area contributed by atoms with Gasteiger partial charge in [0.1, 0.15) is 0 Å². The summed E-state index contributed by atoms with van der Waals surface area (Å²) in [5.74, 6) is 1.30. The molecule has 37 heavy (non-hydrogen) atoms. The Labute approximate surface area is 232 Å². The zero-order chi connectivity index (χ0) is 27.8. The van der Waals surface area contributed by atoms with Crippen LogP contribution in [-0.4, -0.2) is 28.8 Å². The van der Waals surface area contributed by atoms with Crippen molar-refractivity contribution >= 4 is 16.6 Å². The van der Waals surface area contributed by atoms with Gasteiger partial charge in [-0.3, -0.25) is 0 Å². The molecule has 2 nitrogen and oxygen atoms in total. The van der Waals surface area contributed by atoms with Crippen molar-refractivity contribution in [3.63, 3.8) is 0 Å². The summed E-state index contributed by atoms with van der Waals surface area (Å²) in [7, 11) is -3.82. The molecule has 4 aliphatic rings. The largest absolute Gasteiger partial charge is 0.414 e. The van der Waals surface area contributed by atoms with E-state index in [0.29, 0.717) is 17.3 Å². The first-order valence-electron chi connectivity index (χ1n) is 15.2. The van der Waals surface area contributed by atoms with Gasteiger partial charge in [-0.25, -0.2) is 0 Å². The van der Waals surface area contributed by atoms with Crippen LogP contribution in [0, 0.1) is 22.7 Å². The van der Waals surface area contributed by atoms with E-state index in [0.717, 1.165) is 12.8 Å². The van der Waals surface area contributed by atoms with Gasteiger partial charge in [0.05, 0.1) is 12.2 Å². The fraction of sp³-hybridized carbons (Fsp3) is 0.818. The van der Waals surface area contributed by atoms with Crippen molar-refractivity contribution in [2.75, 3.05) is 0 Å². The van der Waals surface area contributed by atoms with E-state index in [-0.39, 0.29) is 27.7 Å². The first kappa shape index (κ1) is 29.6. The maximum atomic E-state index is 7.47. The Morgan fingerprint density at radius 2 is 1.46 bits per heavy atom. The van der Waals surface area contributed by atoms with Crippen LogP contribution in [-0.2, 0) is 8.85 Å². The molecule has 210 valence electrons. The first-order valence-corrected chi connectivity index (χ1v) is 21.0. The maximum Gasteiger partial charge on any atom is 0.192 e. The van der Waals surface area contributed by atoms with Gasteiger partial charge in [-0.15, -0.1) is 0 Å². The van der Waals surface area contributed by atoms with Gasteiger partial charge in [0, 0.05) is 5.41 Å². The molecule has 0 aliphatic heterocycles. The summed E-state index contributed by atoms with van der Waals surface area (Å²) in [5, 5.41) is 0.420. The standard InChI is InChI=1S/C33H58O2Si2/c1-14-23-16-18-27-26-17-15-24-21-25(34-36(10,11)30(2,3)4)22-29(35-37(12,13)31(5,6)7)33(24,9)28(26)19-20-32(23,27)8/h14-15,17,25,27-29H,16,18-22H2,1-13H3/b23-14-/t25-,27+,28+,29+,32-,33+/m1/s1. The van der Waals surface area contributed by atoms with Crippen molar-refractivity contribution in [2.45, 2.75) is 149 Å². The monoisotopic (exact) mass is 542 g/mol. The summed E-state index contributed by atoms with van der Waals surface area (Å²) in [6.07, 6.45) is 15.3. The van der Waals surface area contributed by atoms with Gasteiger partial charge in [0.25, 0.3) is 0 Å². The third-order valence-electron chi connectivity index (χ3n) is 12.3. The minimum Gasteiger partial charge on any atom is -0.414 e. The molecule has 0 amide bonds. The number of fused-ring (bicyclic) bond motifs is 5. The number of allylic oxidation sites excluding steroid dienone is 5. The van der Waals surface area contributed by atoms with E-state index >= 15 is 0 Å². The Morgan fingerprint density at radius 3 is 2.03 bits per heavy atom. The second-order valence-electron chi connectivity index (χ2n) is 16.4. The molecule has 6 atom stereocenters. The third-order valence-corrected chi connectivity index (χ3v) is 21.3. The summed E-state index contributed by atoms with van der Waals surface area (Å²) in [5.41, 5.74) is 5.49. The Morgan fingerprint density at radius 1 is 0.865 bits per heavy atom. The van der Waals surface area contributed by atoms with Crippen LogP contribution >= 0.6 is 0 Å². The summed E-state index contributed by atoms with van der Waals surface area (Å²) in [4.78, 5) is 0. The lowest BCUT2D eigenvalue weighted by Gasteiger charge is -2.59. The number of rotatable bonds is 4. The molecule has 0 heterocycles. The Balaban J connectivity index is 1.75. The molecule has 3 saturated carbocycles. The molecule has 0 unspecified atom stereocenters. The van der Waals surface area contributed by atoms with Crippen molar-refractivity contribution in [2.24, 2.45) is 22.7 Å². The Hall–Kier alpha value is -0.426. The molecule has 0 aromatic heterocycles. The molecule has 4 heteroatoms. The summed E-state index contributed by atoms with van der Waals surface area (Å²) in [6.45, 7) is 31.4. The second-order valence-corrected chi connectivity index (χ2v) is 25.9. The predicted molar refractivity (Wildman–Crippen MR) is 165 cm³/mol. The molecular weight excluding hydrogens is 485 g/mol. The average molecular weight is 543 g/mol. The highest BCUT2D eigenvalue weighted by Crippen LogP contribution is 2.65. The first-order chi connectivity index (χ1) is 16.8. The van der Waals surface area contributed by atoms with Crippen LogP contribution in [0.15, 0.2) is 34.9 Å². The van der Waals surface area contributed by atoms with Crippen molar-refractivity contribution < 1.29 is 8.85 Å². The summed E-state index contributed by atoms with van der Waals surface area (Å²) >= 11 is 0. The van der Waals surface area contributed by atoms with E-state index in [2.05, 4.69) is 107 Å². The normalized spacial score (nSPS) is 38.0. The third kappa shape index (κ3) is 4.78. The van der Waals surface area contributed by atoms with E-state index in [1.165, 1.54) is 25.7 Å². The lowest BCUT2D eigenvalue weighted by Crippen LogP contribution is -2.58. The van der Waals surface area contributed by atoms with Gasteiger partial charge in [-0.05, 0) is 99.0 Å². The topological polar surface area (TPSA) is 18.5 Å². The minimum atomic E-state index is -1.96. The van der Waals surface area contributed by atoms with Gasteiger partial charge >= 0.3 is 0 Å². The molecule has 4 rings (SSSR count). The van der Waals surface area contributed by atoms with Crippen LogP contribution in [0.5, 0.6) is 0 Å². The maximum absolute atomic E-state index is 7.47. The van der Waals surface area contributed by atoms with Gasteiger partial charge in [0.15, 0.2) is 16.6 Å². The van der Waals surface area contributed by atoms with Crippen LogP contribution < -0.4 is 0 Å². The molecule has 0 spiro atoms. The molecule has 3 fully saturated rings. The molecule has 0 N–H and O–H groups in total. The van der Waals surface area contributed by atoms with E-state index < -0.39 is 16.6 Å². The molecule has 0 aromatic rings. The molecule has 0 saturated heterocycles. The smallest absolute Gasteiger partial charge is 0.192 e. The van der Waals surface area contributed by atoms with Gasteiger partial charge in [0.2, 0.25) is 0 Å². The Bertz CT molecular complexity index is 989. The van der Waals surface area contributed by atoms with E-state index in [1.54, 1.807) is 16.7 Å². The highest BCUT2D eigenvalue weighted by Gasteiger charge is 2.59. The lowest BCUT2D eigenvalue weighted by atomic mass is 9.50. The molecular formula is C33H58O2Si2. The quantitative estimate of drug-likeness (QED) is 0.260. The van der Waals surface area contributed by atoms with Gasteiger partial charge < -0.3 is 8.85 Å². The molecule has 0 radical (unpaired) electrons. The predicted octanol–water partition coefficient (Wildman–Crippen LogP) is 10.2. The fourth-order valence-corrected chi connectivity index (χ4v) is 10.5. The van der Waals surface area contributed by atoms with Crippen LogP contribution in [0.1, 0.15) is 101 Å². The van der Waals surface area contributed by atoms with Crippen molar-refractivity contribution in [3.8, 4) is 0 Å². The Kier molecular flexibility index (Phi) is 7.44. The van der Waals surface area contributed by atoms with E-state index in [4.69, 9.17) is 8.85 Å². The highest BCUT2D eigenvalue weighted by molar-refractivity contribution is 6.74. The van der Waals surface area contributed by atoms with Crippen LogP contribution in [0.2, 0.25) is 36.3 Å². The second kappa shape index (κ2) is 9.31. The fourth-order valence-electron chi connectivity index (χ4n) is 7.72. The zero-order valence-electron chi connectivity index (χ0n) is 26.6. The van der Waals surface area contributed by atoms with E-state index in [1.807, 2.05) is 0 Å². The lowest BCUT2D eigenvalue weighted by molar-refractivity contribution is -0.0381. The zero-order valence-corrected chi connectivity index (χ0v) is 28.6. The van der Waals surface area contributed by atoms with Crippen LogP contribution in [0.25, 0.3) is 0 Å². The molecule has 4 aliphatic carbocycles. The average Bonchev–Trinajstić information content (AvgIpc) is 3.09. The summed E-state index contributed by atoms with van der Waals surface area (Å²) in [6, 6.07) is 0. The number of hydrogen-bond acceptors (Lipinski definition) is 2.